The van der Waals surface area contributed by atoms with E-state index in [0.717, 1.165) is 20.3 Å². The van der Waals surface area contributed by atoms with Crippen LogP contribution < -0.4 is 10.5 Å². The summed E-state index contributed by atoms with van der Waals surface area (Å²) in [6.45, 7) is 0.473. The Kier molecular flexibility index (Phi) is 4.15. The summed E-state index contributed by atoms with van der Waals surface area (Å²) in [5.41, 5.74) is 6.55. The first-order chi connectivity index (χ1) is 8.19. The van der Waals surface area contributed by atoms with Crippen LogP contribution in [0.3, 0.4) is 0 Å². The molecule has 5 heteroatoms. The SMILES string of the molecule is NCc1ccnc(Oc2ccc(Br)cc2Br)c1. The second-order valence-corrected chi connectivity index (χ2v) is 5.15. The molecule has 0 aliphatic rings. The van der Waals surface area contributed by atoms with Crippen LogP contribution in [-0.4, -0.2) is 4.98 Å². The van der Waals surface area contributed by atoms with Crippen molar-refractivity contribution in [1.82, 2.24) is 4.98 Å². The summed E-state index contributed by atoms with van der Waals surface area (Å²) in [4.78, 5) is 4.14. The molecule has 3 nitrogen and oxygen atoms in total. The van der Waals surface area contributed by atoms with Gasteiger partial charge in [0, 0.05) is 23.3 Å². The highest BCUT2D eigenvalue weighted by Crippen LogP contribution is 2.31. The quantitative estimate of drug-likeness (QED) is 0.907. The van der Waals surface area contributed by atoms with Crippen molar-refractivity contribution in [2.45, 2.75) is 6.54 Å². The van der Waals surface area contributed by atoms with Gasteiger partial charge >= 0.3 is 0 Å². The average molecular weight is 358 g/mol. The first-order valence-electron chi connectivity index (χ1n) is 4.97. The third-order valence-electron chi connectivity index (χ3n) is 2.14. The Labute approximate surface area is 116 Å². The van der Waals surface area contributed by atoms with Crippen LogP contribution in [0, 0.1) is 0 Å². The number of nitrogens with zero attached hydrogens (tertiary/aromatic N) is 1. The second-order valence-electron chi connectivity index (χ2n) is 3.38. The molecule has 1 heterocycles. The fourth-order valence-electron chi connectivity index (χ4n) is 1.30. The van der Waals surface area contributed by atoms with Crippen LogP contribution in [-0.2, 0) is 6.54 Å². The lowest BCUT2D eigenvalue weighted by molar-refractivity contribution is 0.459. The van der Waals surface area contributed by atoms with E-state index in [4.69, 9.17) is 10.5 Å². The number of hydrogen-bond acceptors (Lipinski definition) is 3. The van der Waals surface area contributed by atoms with Gasteiger partial charge < -0.3 is 10.5 Å². The predicted molar refractivity (Wildman–Crippen MR) is 74.0 cm³/mol. The molecule has 0 radical (unpaired) electrons. The van der Waals surface area contributed by atoms with Gasteiger partial charge in [0.2, 0.25) is 5.88 Å². The third kappa shape index (κ3) is 3.28. The van der Waals surface area contributed by atoms with Crippen molar-refractivity contribution in [2.24, 2.45) is 5.73 Å². The lowest BCUT2D eigenvalue weighted by Crippen LogP contribution is -1.97. The second kappa shape index (κ2) is 5.62. The van der Waals surface area contributed by atoms with Gasteiger partial charge in [-0.05, 0) is 45.8 Å². The molecule has 88 valence electrons. The number of ether oxygens (including phenoxy) is 1. The molecule has 17 heavy (non-hydrogen) atoms. The van der Waals surface area contributed by atoms with Gasteiger partial charge in [-0.3, -0.25) is 0 Å². The number of benzene rings is 1. The molecule has 2 N–H and O–H groups in total. The molecular formula is C12H10Br2N2O. The monoisotopic (exact) mass is 356 g/mol. The maximum Gasteiger partial charge on any atom is 0.219 e. The van der Waals surface area contributed by atoms with Crippen molar-refractivity contribution in [2.75, 3.05) is 0 Å². The van der Waals surface area contributed by atoms with E-state index >= 15 is 0 Å². The number of nitrogens with two attached hydrogens (primary N) is 1. The largest absolute Gasteiger partial charge is 0.438 e. The van der Waals surface area contributed by atoms with Crippen LogP contribution in [0.25, 0.3) is 0 Å². The van der Waals surface area contributed by atoms with E-state index in [0.29, 0.717) is 12.4 Å². The molecule has 2 rings (SSSR count). The van der Waals surface area contributed by atoms with Crippen LogP contribution in [0.5, 0.6) is 11.6 Å². The van der Waals surface area contributed by atoms with Crippen LogP contribution in [0.15, 0.2) is 45.5 Å². The van der Waals surface area contributed by atoms with E-state index in [-0.39, 0.29) is 0 Å². The van der Waals surface area contributed by atoms with Gasteiger partial charge in [-0.25, -0.2) is 4.98 Å². The Hall–Kier alpha value is -0.910. The van der Waals surface area contributed by atoms with Gasteiger partial charge in [0.05, 0.1) is 4.47 Å². The molecule has 0 bridgehead atoms. The summed E-state index contributed by atoms with van der Waals surface area (Å²) >= 11 is 6.82. The van der Waals surface area contributed by atoms with Crippen molar-refractivity contribution < 1.29 is 4.74 Å². The zero-order valence-corrected chi connectivity index (χ0v) is 12.0. The molecule has 1 aromatic carbocycles. The topological polar surface area (TPSA) is 48.1 Å². The standard InChI is InChI=1S/C12H10Br2N2O/c13-9-1-2-11(10(14)6-9)17-12-5-8(7-15)3-4-16-12/h1-6H,7,15H2. The van der Waals surface area contributed by atoms with Crippen molar-refractivity contribution in [3.63, 3.8) is 0 Å². The molecule has 0 aliphatic carbocycles. The lowest BCUT2D eigenvalue weighted by atomic mass is 10.3. The fourth-order valence-corrected chi connectivity index (χ4v) is 2.43. The van der Waals surface area contributed by atoms with Crippen molar-refractivity contribution in [1.29, 1.82) is 0 Å². The minimum Gasteiger partial charge on any atom is -0.438 e. The Morgan fingerprint density at radius 1 is 1.18 bits per heavy atom. The molecule has 0 spiro atoms. The van der Waals surface area contributed by atoms with Crippen LogP contribution in [0.2, 0.25) is 0 Å². The molecule has 0 aliphatic heterocycles. The molecule has 0 atom stereocenters. The highest BCUT2D eigenvalue weighted by molar-refractivity contribution is 9.11. The first kappa shape index (κ1) is 12.5. The molecule has 0 saturated carbocycles. The summed E-state index contributed by atoms with van der Waals surface area (Å²) in [5, 5.41) is 0. The van der Waals surface area contributed by atoms with E-state index < -0.39 is 0 Å². The van der Waals surface area contributed by atoms with Crippen LogP contribution in [0.1, 0.15) is 5.56 Å². The van der Waals surface area contributed by atoms with Crippen LogP contribution in [0.4, 0.5) is 0 Å². The van der Waals surface area contributed by atoms with E-state index in [1.54, 1.807) is 6.20 Å². The van der Waals surface area contributed by atoms with E-state index in [1.807, 2.05) is 30.3 Å². The van der Waals surface area contributed by atoms with Crippen LogP contribution >= 0.6 is 31.9 Å². The number of rotatable bonds is 3. The fraction of sp³-hybridized carbons (Fsp3) is 0.0833. The summed E-state index contributed by atoms with van der Waals surface area (Å²) in [5.74, 6) is 1.26. The summed E-state index contributed by atoms with van der Waals surface area (Å²) in [7, 11) is 0. The van der Waals surface area contributed by atoms with Crippen molar-refractivity contribution >= 4 is 31.9 Å². The third-order valence-corrected chi connectivity index (χ3v) is 3.26. The van der Waals surface area contributed by atoms with Gasteiger partial charge in [-0.1, -0.05) is 15.9 Å². The Morgan fingerprint density at radius 2 is 2.00 bits per heavy atom. The maximum absolute atomic E-state index is 5.67. The molecule has 0 saturated heterocycles. The minimum absolute atomic E-state index is 0.473. The molecule has 0 amide bonds. The van der Waals surface area contributed by atoms with Gasteiger partial charge in [-0.2, -0.15) is 0 Å². The summed E-state index contributed by atoms with van der Waals surface area (Å²) in [6.07, 6.45) is 1.68. The van der Waals surface area contributed by atoms with E-state index in [9.17, 15) is 0 Å². The number of aromatic nitrogens is 1. The zero-order chi connectivity index (χ0) is 12.3. The lowest BCUT2D eigenvalue weighted by Gasteiger charge is -2.07. The number of halogens is 2. The Balaban J connectivity index is 2.25. The Bertz CT molecular complexity index is 532. The minimum atomic E-state index is 0.473. The smallest absolute Gasteiger partial charge is 0.219 e. The number of pyridine rings is 1. The highest BCUT2D eigenvalue weighted by Gasteiger charge is 2.04. The highest BCUT2D eigenvalue weighted by atomic mass is 79.9. The maximum atomic E-state index is 5.67. The van der Waals surface area contributed by atoms with Gasteiger partial charge in [-0.15, -0.1) is 0 Å². The molecule has 2 aromatic rings. The summed E-state index contributed by atoms with van der Waals surface area (Å²) < 4.78 is 7.53. The van der Waals surface area contributed by atoms with Gasteiger partial charge in [0.15, 0.2) is 0 Å². The zero-order valence-electron chi connectivity index (χ0n) is 8.86. The average Bonchev–Trinajstić information content (AvgIpc) is 2.33. The molecule has 0 unspecified atom stereocenters. The van der Waals surface area contributed by atoms with E-state index in [2.05, 4.69) is 36.8 Å². The predicted octanol–water partition coefficient (Wildman–Crippen LogP) is 3.86. The van der Waals surface area contributed by atoms with Crippen molar-refractivity contribution in [3.05, 3.63) is 51.0 Å². The molecular weight excluding hydrogens is 348 g/mol. The van der Waals surface area contributed by atoms with Crippen molar-refractivity contribution in [3.8, 4) is 11.6 Å². The van der Waals surface area contributed by atoms with Gasteiger partial charge in [0.25, 0.3) is 0 Å². The Morgan fingerprint density at radius 3 is 2.71 bits per heavy atom. The normalized spacial score (nSPS) is 10.3. The number of hydrogen-bond donors (Lipinski definition) is 1. The molecule has 1 aromatic heterocycles. The molecule has 0 fully saturated rings. The first-order valence-corrected chi connectivity index (χ1v) is 6.55. The van der Waals surface area contributed by atoms with Gasteiger partial charge in [0.1, 0.15) is 5.75 Å². The summed E-state index contributed by atoms with van der Waals surface area (Å²) in [6, 6.07) is 9.39. The van der Waals surface area contributed by atoms with E-state index in [1.165, 1.54) is 0 Å².